The van der Waals surface area contributed by atoms with Crippen molar-refractivity contribution in [2.75, 3.05) is 6.54 Å². The fourth-order valence-corrected chi connectivity index (χ4v) is 2.05. The highest BCUT2D eigenvalue weighted by Crippen LogP contribution is 2.40. The monoisotopic (exact) mass is 233 g/mol. The molecule has 16 heavy (non-hydrogen) atoms. The number of H-pyrrole nitrogens is 1. The molecule has 0 amide bonds. The molecule has 1 aromatic rings. The molecule has 1 heterocycles. The first-order valence-corrected chi connectivity index (χ1v) is 5.38. The van der Waals surface area contributed by atoms with Crippen LogP contribution in [0.15, 0.2) is 0 Å². The largest absolute Gasteiger partial charge is 0.435 e. The first kappa shape index (κ1) is 11.4. The molecule has 0 saturated heterocycles. The zero-order valence-corrected chi connectivity index (χ0v) is 8.77. The highest BCUT2D eigenvalue weighted by Gasteiger charge is 2.39. The fraction of sp³-hybridized carbons (Fsp3) is 0.700. The number of hydrogen-bond acceptors (Lipinski definition) is 2. The van der Waals surface area contributed by atoms with Gasteiger partial charge in [0.2, 0.25) is 0 Å². The van der Waals surface area contributed by atoms with Crippen LogP contribution in [0.25, 0.3) is 0 Å². The van der Waals surface area contributed by atoms with E-state index in [1.54, 1.807) is 0 Å². The van der Waals surface area contributed by atoms with Gasteiger partial charge in [-0.15, -0.1) is 0 Å². The SMILES string of the molecule is NCCc1c(C(F)(F)F)n[nH]c1C1CCC1. The Bertz CT molecular complexity index is 366. The van der Waals surface area contributed by atoms with Crippen molar-refractivity contribution >= 4 is 0 Å². The smallest absolute Gasteiger partial charge is 0.330 e. The second kappa shape index (κ2) is 4.08. The number of aromatic nitrogens is 2. The molecule has 0 unspecified atom stereocenters. The van der Waals surface area contributed by atoms with E-state index in [-0.39, 0.29) is 24.4 Å². The van der Waals surface area contributed by atoms with Crippen LogP contribution in [0.4, 0.5) is 13.2 Å². The Balaban J connectivity index is 2.34. The molecular formula is C10H14F3N3. The molecule has 1 fully saturated rings. The summed E-state index contributed by atoms with van der Waals surface area (Å²) >= 11 is 0. The normalized spacial score (nSPS) is 17.5. The average Bonchev–Trinajstić information content (AvgIpc) is 2.46. The molecule has 1 saturated carbocycles. The van der Waals surface area contributed by atoms with Gasteiger partial charge in [0.1, 0.15) is 0 Å². The second-order valence-corrected chi connectivity index (χ2v) is 4.13. The van der Waals surface area contributed by atoms with Crippen LogP contribution in [0.2, 0.25) is 0 Å². The van der Waals surface area contributed by atoms with E-state index in [0.29, 0.717) is 5.69 Å². The Morgan fingerprint density at radius 3 is 2.50 bits per heavy atom. The molecule has 0 bridgehead atoms. The Kier molecular flexibility index (Phi) is 2.92. The molecule has 3 nitrogen and oxygen atoms in total. The number of aromatic amines is 1. The van der Waals surface area contributed by atoms with E-state index < -0.39 is 11.9 Å². The molecule has 1 aliphatic rings. The summed E-state index contributed by atoms with van der Waals surface area (Å²) in [4.78, 5) is 0. The molecule has 0 atom stereocenters. The third kappa shape index (κ3) is 1.93. The third-order valence-electron chi connectivity index (χ3n) is 3.08. The number of nitrogens with two attached hydrogens (primary N) is 1. The van der Waals surface area contributed by atoms with Gasteiger partial charge in [0.25, 0.3) is 0 Å². The van der Waals surface area contributed by atoms with Crippen molar-refractivity contribution in [2.24, 2.45) is 5.73 Å². The third-order valence-corrected chi connectivity index (χ3v) is 3.08. The van der Waals surface area contributed by atoms with E-state index in [1.807, 2.05) is 0 Å². The molecule has 6 heteroatoms. The summed E-state index contributed by atoms with van der Waals surface area (Å²) < 4.78 is 37.9. The second-order valence-electron chi connectivity index (χ2n) is 4.13. The first-order valence-electron chi connectivity index (χ1n) is 5.38. The summed E-state index contributed by atoms with van der Waals surface area (Å²) in [7, 11) is 0. The molecule has 1 aromatic heterocycles. The van der Waals surface area contributed by atoms with Crippen LogP contribution in [-0.2, 0) is 12.6 Å². The summed E-state index contributed by atoms with van der Waals surface area (Å²) in [5.41, 5.74) is 5.47. The minimum absolute atomic E-state index is 0.211. The van der Waals surface area contributed by atoms with E-state index in [0.717, 1.165) is 19.3 Å². The zero-order valence-electron chi connectivity index (χ0n) is 8.77. The molecule has 3 N–H and O–H groups in total. The summed E-state index contributed by atoms with van der Waals surface area (Å²) in [5, 5.41) is 5.95. The maximum Gasteiger partial charge on any atom is 0.435 e. The van der Waals surface area contributed by atoms with Gasteiger partial charge in [-0.2, -0.15) is 18.3 Å². The van der Waals surface area contributed by atoms with Crippen molar-refractivity contribution in [3.8, 4) is 0 Å². The molecule has 0 spiro atoms. The fourth-order valence-electron chi connectivity index (χ4n) is 2.05. The molecule has 0 aliphatic heterocycles. The summed E-state index contributed by atoms with van der Waals surface area (Å²) in [6, 6.07) is 0. The van der Waals surface area contributed by atoms with Crippen molar-refractivity contribution in [3.63, 3.8) is 0 Å². The number of nitrogens with zero attached hydrogens (tertiary/aromatic N) is 1. The summed E-state index contributed by atoms with van der Waals surface area (Å²) in [6.45, 7) is 0.211. The summed E-state index contributed by atoms with van der Waals surface area (Å²) in [6.07, 6.45) is -1.19. The van der Waals surface area contributed by atoms with Gasteiger partial charge in [0, 0.05) is 17.2 Å². The molecule has 0 radical (unpaired) electrons. The van der Waals surface area contributed by atoms with Crippen molar-refractivity contribution in [1.29, 1.82) is 0 Å². The minimum Gasteiger partial charge on any atom is -0.330 e. The molecule has 90 valence electrons. The number of nitrogens with one attached hydrogen (secondary N) is 1. The van der Waals surface area contributed by atoms with Gasteiger partial charge >= 0.3 is 6.18 Å². The predicted octanol–water partition coefficient (Wildman–Crippen LogP) is 2.20. The average molecular weight is 233 g/mol. The van der Waals surface area contributed by atoms with Crippen LogP contribution >= 0.6 is 0 Å². The van der Waals surface area contributed by atoms with Gasteiger partial charge in [-0.25, -0.2) is 0 Å². The minimum atomic E-state index is -4.39. The molecule has 2 rings (SSSR count). The van der Waals surface area contributed by atoms with Gasteiger partial charge < -0.3 is 5.73 Å². The Morgan fingerprint density at radius 1 is 1.38 bits per heavy atom. The standard InChI is InChI=1S/C10H14F3N3/c11-10(12,13)9-7(4-5-14)8(15-16-9)6-2-1-3-6/h6H,1-5,14H2,(H,15,16). The Morgan fingerprint density at radius 2 is 2.06 bits per heavy atom. The van der Waals surface area contributed by atoms with E-state index in [2.05, 4.69) is 10.2 Å². The Hall–Kier alpha value is -1.04. The molecule has 1 aliphatic carbocycles. The van der Waals surface area contributed by atoms with Gasteiger partial charge in [-0.3, -0.25) is 5.10 Å². The molecular weight excluding hydrogens is 219 g/mol. The maximum absolute atomic E-state index is 12.6. The zero-order chi connectivity index (χ0) is 11.8. The van der Waals surface area contributed by atoms with Crippen molar-refractivity contribution in [1.82, 2.24) is 10.2 Å². The quantitative estimate of drug-likeness (QED) is 0.840. The lowest BCUT2D eigenvalue weighted by Gasteiger charge is -2.25. The number of alkyl halides is 3. The Labute approximate surface area is 91.2 Å². The van der Waals surface area contributed by atoms with Crippen LogP contribution < -0.4 is 5.73 Å². The first-order chi connectivity index (χ1) is 7.54. The highest BCUT2D eigenvalue weighted by atomic mass is 19.4. The summed E-state index contributed by atoms with van der Waals surface area (Å²) in [5.74, 6) is 0.213. The topological polar surface area (TPSA) is 54.7 Å². The van der Waals surface area contributed by atoms with E-state index in [9.17, 15) is 13.2 Å². The predicted molar refractivity (Wildman–Crippen MR) is 52.9 cm³/mol. The van der Waals surface area contributed by atoms with Gasteiger partial charge in [0.05, 0.1) is 0 Å². The van der Waals surface area contributed by atoms with E-state index in [4.69, 9.17) is 5.73 Å². The maximum atomic E-state index is 12.6. The highest BCUT2D eigenvalue weighted by molar-refractivity contribution is 5.31. The van der Waals surface area contributed by atoms with Gasteiger partial charge in [-0.1, -0.05) is 6.42 Å². The van der Waals surface area contributed by atoms with E-state index >= 15 is 0 Å². The van der Waals surface area contributed by atoms with Gasteiger partial charge in [0.15, 0.2) is 5.69 Å². The van der Waals surface area contributed by atoms with Crippen LogP contribution in [0.3, 0.4) is 0 Å². The lowest BCUT2D eigenvalue weighted by atomic mass is 9.81. The van der Waals surface area contributed by atoms with Crippen LogP contribution in [0, 0.1) is 0 Å². The van der Waals surface area contributed by atoms with Crippen molar-refractivity contribution in [3.05, 3.63) is 17.0 Å². The number of hydrogen-bond donors (Lipinski definition) is 2. The van der Waals surface area contributed by atoms with Crippen molar-refractivity contribution < 1.29 is 13.2 Å². The molecule has 0 aromatic carbocycles. The van der Waals surface area contributed by atoms with E-state index in [1.165, 1.54) is 0 Å². The van der Waals surface area contributed by atoms with Gasteiger partial charge in [-0.05, 0) is 25.8 Å². The number of rotatable bonds is 3. The van der Waals surface area contributed by atoms with Crippen LogP contribution in [-0.4, -0.2) is 16.7 Å². The number of halogens is 3. The van der Waals surface area contributed by atoms with Crippen LogP contribution in [0.1, 0.15) is 42.1 Å². The lowest BCUT2D eigenvalue weighted by molar-refractivity contribution is -0.141. The van der Waals surface area contributed by atoms with Crippen LogP contribution in [0.5, 0.6) is 0 Å². The lowest BCUT2D eigenvalue weighted by Crippen LogP contribution is -2.16. The van der Waals surface area contributed by atoms with Crippen molar-refractivity contribution in [2.45, 2.75) is 37.8 Å².